The number of fused-ring (bicyclic) bond motifs is 1. The van der Waals surface area contributed by atoms with E-state index < -0.39 is 11.5 Å². The lowest BCUT2D eigenvalue weighted by atomic mass is 10.0. The number of aromatic amines is 1. The highest BCUT2D eigenvalue weighted by Gasteiger charge is 2.21. The number of hydrogen-bond acceptors (Lipinski definition) is 6. The van der Waals surface area contributed by atoms with Crippen molar-refractivity contribution in [1.29, 1.82) is 0 Å². The van der Waals surface area contributed by atoms with E-state index in [1.54, 1.807) is 18.3 Å². The summed E-state index contributed by atoms with van der Waals surface area (Å²) in [5.74, 6) is -0.506. The molecule has 1 aliphatic rings. The highest BCUT2D eigenvalue weighted by Crippen LogP contribution is 2.32. The molecule has 8 nitrogen and oxygen atoms in total. The standard InChI is InChI=1S/C36H41ClFN7O/c1-23(39)5-4-6-25-17-30(34(38)31(37)18-25)33-19-27-22-45(36(46)44-35(27)43-33)29-11-9-26(10-12-29)32-8-3-2-7-28(42-32)21-41-20-24-13-15-40-16-14-24/h9-19,22-23,28,32,41-42H,2-8,20-21,39H2,1H3,(H,43,44,46)/t23-,28-,32-/m0/s1. The number of halogens is 2. The van der Waals surface area contributed by atoms with Crippen LogP contribution in [0.3, 0.4) is 0 Å². The Labute approximate surface area is 273 Å². The summed E-state index contributed by atoms with van der Waals surface area (Å²) in [6, 6.07) is 18.2. The first-order valence-electron chi connectivity index (χ1n) is 16.2. The van der Waals surface area contributed by atoms with E-state index in [4.69, 9.17) is 17.3 Å². The molecule has 1 fully saturated rings. The van der Waals surface area contributed by atoms with Gasteiger partial charge in [0.15, 0.2) is 5.82 Å². The van der Waals surface area contributed by atoms with Gasteiger partial charge >= 0.3 is 5.69 Å². The van der Waals surface area contributed by atoms with Gasteiger partial charge in [0.05, 0.1) is 16.4 Å². The van der Waals surface area contributed by atoms with Crippen molar-refractivity contribution in [3.63, 3.8) is 0 Å². The SMILES string of the molecule is C[C@H](N)CCCc1cc(Cl)c(F)c(-c2cc3cn(-c4ccc([C@@H]5CCCC[C@@H](CNCc6ccncc6)N5)cc4)c(=O)nc3[nH]2)c1. The predicted octanol–water partition coefficient (Wildman–Crippen LogP) is 6.60. The quantitative estimate of drug-likeness (QED) is 0.129. The number of H-pyrrole nitrogens is 1. The smallest absolute Gasteiger partial charge is 0.339 e. The molecule has 1 aliphatic heterocycles. The van der Waals surface area contributed by atoms with Gasteiger partial charge in [0.2, 0.25) is 0 Å². The van der Waals surface area contributed by atoms with Gasteiger partial charge in [-0.15, -0.1) is 0 Å². The van der Waals surface area contributed by atoms with E-state index in [1.807, 2.05) is 49.6 Å². The van der Waals surface area contributed by atoms with Crippen LogP contribution in [-0.4, -0.2) is 38.1 Å². The van der Waals surface area contributed by atoms with Gasteiger partial charge in [-0.2, -0.15) is 4.98 Å². The average Bonchev–Trinajstić information content (AvgIpc) is 3.31. The van der Waals surface area contributed by atoms with Gasteiger partial charge in [0, 0.05) is 60.8 Å². The van der Waals surface area contributed by atoms with Crippen LogP contribution in [0.15, 0.2) is 78.0 Å². The van der Waals surface area contributed by atoms with E-state index in [2.05, 4.69) is 37.7 Å². The molecule has 6 rings (SSSR count). The van der Waals surface area contributed by atoms with Crippen molar-refractivity contribution in [3.05, 3.63) is 111 Å². The highest BCUT2D eigenvalue weighted by atomic mass is 35.5. The topological polar surface area (TPSA) is 114 Å². The normalized spacial score (nSPS) is 17.7. The third kappa shape index (κ3) is 7.73. The van der Waals surface area contributed by atoms with Crippen LogP contribution in [0.2, 0.25) is 5.02 Å². The minimum Gasteiger partial charge on any atom is -0.339 e. The lowest BCUT2D eigenvalue weighted by Gasteiger charge is -2.23. The van der Waals surface area contributed by atoms with Crippen LogP contribution < -0.4 is 22.1 Å². The predicted molar refractivity (Wildman–Crippen MR) is 183 cm³/mol. The molecule has 0 unspecified atom stereocenters. The Balaban J connectivity index is 1.17. The van der Waals surface area contributed by atoms with Crippen molar-refractivity contribution < 1.29 is 4.39 Å². The van der Waals surface area contributed by atoms with E-state index >= 15 is 4.39 Å². The number of benzene rings is 2. The van der Waals surface area contributed by atoms with E-state index in [9.17, 15) is 4.79 Å². The molecule has 3 aromatic heterocycles. The molecule has 2 aromatic carbocycles. The second-order valence-electron chi connectivity index (χ2n) is 12.5. The maximum atomic E-state index is 15.2. The van der Waals surface area contributed by atoms with Crippen LogP contribution in [-0.2, 0) is 13.0 Å². The maximum Gasteiger partial charge on any atom is 0.354 e. The van der Waals surface area contributed by atoms with E-state index in [0.717, 1.165) is 62.9 Å². The Morgan fingerprint density at radius 3 is 2.65 bits per heavy atom. The zero-order valence-electron chi connectivity index (χ0n) is 26.1. The Morgan fingerprint density at radius 2 is 1.87 bits per heavy atom. The molecule has 240 valence electrons. The van der Waals surface area contributed by atoms with Crippen LogP contribution in [0.4, 0.5) is 4.39 Å². The summed E-state index contributed by atoms with van der Waals surface area (Å²) in [6.07, 6.45) is 12.4. The van der Waals surface area contributed by atoms with Crippen molar-refractivity contribution in [2.24, 2.45) is 5.73 Å². The summed E-state index contributed by atoms with van der Waals surface area (Å²) < 4.78 is 16.7. The van der Waals surface area contributed by atoms with Crippen molar-refractivity contribution in [2.75, 3.05) is 6.54 Å². The second-order valence-corrected chi connectivity index (χ2v) is 12.9. The van der Waals surface area contributed by atoms with Gasteiger partial charge in [-0.3, -0.25) is 9.55 Å². The fourth-order valence-corrected chi connectivity index (χ4v) is 6.55. The lowest BCUT2D eigenvalue weighted by Crippen LogP contribution is -2.39. The molecule has 10 heteroatoms. The molecule has 0 aliphatic carbocycles. The summed E-state index contributed by atoms with van der Waals surface area (Å²) >= 11 is 6.28. The summed E-state index contributed by atoms with van der Waals surface area (Å²) in [6.45, 7) is 3.69. The number of hydrogen-bond donors (Lipinski definition) is 4. The highest BCUT2D eigenvalue weighted by molar-refractivity contribution is 6.31. The molecular formula is C36H41ClFN7O. The van der Waals surface area contributed by atoms with Gasteiger partial charge in [-0.1, -0.05) is 36.6 Å². The molecule has 0 radical (unpaired) electrons. The van der Waals surface area contributed by atoms with E-state index in [0.29, 0.717) is 28.3 Å². The molecule has 0 bridgehead atoms. The average molecular weight is 642 g/mol. The van der Waals surface area contributed by atoms with Crippen LogP contribution in [0.1, 0.15) is 68.2 Å². The maximum absolute atomic E-state index is 15.2. The van der Waals surface area contributed by atoms with Crippen LogP contribution in [0.5, 0.6) is 0 Å². The number of nitrogens with one attached hydrogen (secondary N) is 3. The summed E-state index contributed by atoms with van der Waals surface area (Å²) in [7, 11) is 0. The minimum absolute atomic E-state index is 0.0651. The monoisotopic (exact) mass is 641 g/mol. The summed E-state index contributed by atoms with van der Waals surface area (Å²) in [5.41, 5.74) is 10.8. The fourth-order valence-electron chi connectivity index (χ4n) is 6.31. The third-order valence-corrected chi connectivity index (χ3v) is 9.06. The van der Waals surface area contributed by atoms with Gasteiger partial charge in [0.25, 0.3) is 0 Å². The Hall–Kier alpha value is -3.89. The first-order valence-corrected chi connectivity index (χ1v) is 16.5. The molecule has 0 saturated carbocycles. The van der Waals surface area contributed by atoms with Gasteiger partial charge in [-0.05, 0) is 98.2 Å². The largest absolute Gasteiger partial charge is 0.354 e. The first kappa shape index (κ1) is 32.1. The third-order valence-electron chi connectivity index (χ3n) is 8.79. The van der Waals surface area contributed by atoms with E-state index in [-0.39, 0.29) is 17.1 Å². The molecule has 3 atom stereocenters. The Kier molecular flexibility index (Phi) is 10.2. The van der Waals surface area contributed by atoms with Crippen LogP contribution in [0, 0.1) is 5.82 Å². The summed E-state index contributed by atoms with van der Waals surface area (Å²) in [4.78, 5) is 24.6. The Morgan fingerprint density at radius 1 is 1.09 bits per heavy atom. The van der Waals surface area contributed by atoms with Gasteiger partial charge in [0.1, 0.15) is 5.65 Å². The van der Waals surface area contributed by atoms with Gasteiger partial charge < -0.3 is 21.4 Å². The number of aryl methyl sites for hydroxylation is 1. The van der Waals surface area contributed by atoms with E-state index in [1.165, 1.54) is 22.1 Å². The minimum atomic E-state index is -0.506. The zero-order chi connectivity index (χ0) is 32.0. The lowest BCUT2D eigenvalue weighted by molar-refractivity contribution is 0.416. The van der Waals surface area contributed by atoms with Crippen LogP contribution in [0.25, 0.3) is 28.0 Å². The molecular weight excluding hydrogens is 601 g/mol. The molecule has 46 heavy (non-hydrogen) atoms. The first-order chi connectivity index (χ1) is 22.3. The number of nitrogens with two attached hydrogens (primary N) is 1. The molecule has 4 heterocycles. The second kappa shape index (κ2) is 14.7. The number of aromatic nitrogens is 4. The fraction of sp³-hybridized carbons (Fsp3) is 0.361. The molecule has 0 amide bonds. The number of pyridine rings is 1. The number of rotatable bonds is 11. The Bertz CT molecular complexity index is 1820. The van der Waals surface area contributed by atoms with Crippen molar-refractivity contribution >= 4 is 22.6 Å². The van der Waals surface area contributed by atoms with Crippen LogP contribution >= 0.6 is 11.6 Å². The molecule has 0 spiro atoms. The molecule has 5 aromatic rings. The molecule has 5 N–H and O–H groups in total. The molecule has 1 saturated heterocycles. The van der Waals surface area contributed by atoms with Crippen molar-refractivity contribution in [1.82, 2.24) is 30.2 Å². The summed E-state index contributed by atoms with van der Waals surface area (Å²) in [5, 5.41) is 8.20. The van der Waals surface area contributed by atoms with Gasteiger partial charge in [-0.25, -0.2) is 9.18 Å². The zero-order valence-corrected chi connectivity index (χ0v) is 26.9. The van der Waals surface area contributed by atoms with Crippen molar-refractivity contribution in [2.45, 2.75) is 76.5 Å². The number of nitrogens with zero attached hydrogens (tertiary/aromatic N) is 3. The van der Waals surface area contributed by atoms with Crippen molar-refractivity contribution in [3.8, 4) is 16.9 Å².